The van der Waals surface area contributed by atoms with Gasteiger partial charge in [0.25, 0.3) is 0 Å². The lowest BCUT2D eigenvalue weighted by molar-refractivity contribution is 0.167. The molecule has 15 heavy (non-hydrogen) atoms. The van der Waals surface area contributed by atoms with E-state index in [2.05, 4.69) is 4.98 Å². The molecule has 2 heterocycles. The molecule has 0 amide bonds. The van der Waals surface area contributed by atoms with Gasteiger partial charge in [0.2, 0.25) is 0 Å². The summed E-state index contributed by atoms with van der Waals surface area (Å²) in [6, 6.07) is 3.65. The summed E-state index contributed by atoms with van der Waals surface area (Å²) in [7, 11) is 0. The van der Waals surface area contributed by atoms with Crippen LogP contribution >= 0.6 is 11.6 Å². The molecular weight excluding hydrogens is 212 g/mol. The van der Waals surface area contributed by atoms with Gasteiger partial charge in [0.1, 0.15) is 0 Å². The summed E-state index contributed by atoms with van der Waals surface area (Å²) in [6.07, 6.45) is 2.05. The molecule has 80 valence electrons. The Labute approximate surface area is 93.3 Å². The van der Waals surface area contributed by atoms with Crippen molar-refractivity contribution in [2.45, 2.75) is 26.4 Å². The van der Waals surface area contributed by atoms with Gasteiger partial charge in [-0.25, -0.2) is 4.98 Å². The molecule has 0 aromatic carbocycles. The molecule has 0 aliphatic heterocycles. The van der Waals surface area contributed by atoms with Crippen LogP contribution in [0.3, 0.4) is 0 Å². The topological polar surface area (TPSA) is 37.5 Å². The Morgan fingerprint density at radius 2 is 2.33 bits per heavy atom. The average Bonchev–Trinajstić information content (AvgIpc) is 2.55. The Bertz CT molecular complexity index is 493. The largest absolute Gasteiger partial charge is 0.387 e. The summed E-state index contributed by atoms with van der Waals surface area (Å²) < 4.78 is 1.85. The number of nitrogens with zero attached hydrogens (tertiary/aromatic N) is 2. The Hall–Kier alpha value is -1.06. The lowest BCUT2D eigenvalue weighted by Crippen LogP contribution is -2.01. The molecule has 2 aromatic rings. The van der Waals surface area contributed by atoms with E-state index in [9.17, 15) is 5.11 Å². The first-order valence-electron chi connectivity index (χ1n) is 4.96. The van der Waals surface area contributed by atoms with Gasteiger partial charge in [-0.1, -0.05) is 18.5 Å². The van der Waals surface area contributed by atoms with E-state index < -0.39 is 6.10 Å². The van der Waals surface area contributed by atoms with Crippen molar-refractivity contribution in [3.8, 4) is 0 Å². The van der Waals surface area contributed by atoms with Crippen LogP contribution in [-0.2, 0) is 0 Å². The Morgan fingerprint density at radius 1 is 1.60 bits per heavy atom. The van der Waals surface area contributed by atoms with Crippen molar-refractivity contribution in [3.05, 3.63) is 34.7 Å². The number of aliphatic hydroxyl groups is 1. The van der Waals surface area contributed by atoms with Gasteiger partial charge in [-0.15, -0.1) is 0 Å². The van der Waals surface area contributed by atoms with Crippen LogP contribution in [0.25, 0.3) is 5.65 Å². The molecule has 0 saturated carbocycles. The highest BCUT2D eigenvalue weighted by atomic mass is 35.5. The number of halogens is 1. The van der Waals surface area contributed by atoms with Crippen LogP contribution in [0.4, 0.5) is 0 Å². The molecule has 0 fully saturated rings. The van der Waals surface area contributed by atoms with Crippen LogP contribution in [-0.4, -0.2) is 14.5 Å². The van der Waals surface area contributed by atoms with Crippen molar-refractivity contribution in [3.63, 3.8) is 0 Å². The molecular formula is C11H13ClN2O. The quantitative estimate of drug-likeness (QED) is 0.852. The zero-order valence-corrected chi connectivity index (χ0v) is 9.49. The van der Waals surface area contributed by atoms with E-state index >= 15 is 0 Å². The lowest BCUT2D eigenvalue weighted by atomic mass is 10.2. The molecule has 0 aliphatic rings. The Morgan fingerprint density at radius 3 is 3.00 bits per heavy atom. The normalized spacial score (nSPS) is 13.3. The van der Waals surface area contributed by atoms with Crippen LogP contribution < -0.4 is 0 Å². The number of pyridine rings is 1. The van der Waals surface area contributed by atoms with Gasteiger partial charge < -0.3 is 5.11 Å². The zero-order chi connectivity index (χ0) is 11.0. The van der Waals surface area contributed by atoms with Gasteiger partial charge in [-0.2, -0.15) is 0 Å². The fraction of sp³-hybridized carbons (Fsp3) is 0.364. The average molecular weight is 225 g/mol. The predicted octanol–water partition coefficient (Wildman–Crippen LogP) is 2.74. The first-order chi connectivity index (χ1) is 7.15. The van der Waals surface area contributed by atoms with Gasteiger partial charge in [-0.3, -0.25) is 4.40 Å². The van der Waals surface area contributed by atoms with E-state index in [-0.39, 0.29) is 0 Å². The van der Waals surface area contributed by atoms with Crippen LogP contribution in [0, 0.1) is 6.92 Å². The maximum Gasteiger partial charge on any atom is 0.156 e. The molecule has 0 spiro atoms. The molecule has 2 rings (SSSR count). The van der Waals surface area contributed by atoms with Gasteiger partial charge in [0.05, 0.1) is 22.5 Å². The van der Waals surface area contributed by atoms with Crippen molar-refractivity contribution in [1.29, 1.82) is 0 Å². The Balaban J connectivity index is 2.73. The van der Waals surface area contributed by atoms with Gasteiger partial charge >= 0.3 is 0 Å². The second kappa shape index (κ2) is 3.83. The first-order valence-corrected chi connectivity index (χ1v) is 5.34. The Kier molecular flexibility index (Phi) is 2.67. The van der Waals surface area contributed by atoms with Crippen molar-refractivity contribution >= 4 is 17.2 Å². The summed E-state index contributed by atoms with van der Waals surface area (Å²) in [4.78, 5) is 4.35. The monoisotopic (exact) mass is 224 g/mol. The van der Waals surface area contributed by atoms with E-state index in [1.54, 1.807) is 6.07 Å². The second-order valence-electron chi connectivity index (χ2n) is 3.56. The van der Waals surface area contributed by atoms with Gasteiger partial charge in [-0.05, 0) is 25.5 Å². The van der Waals surface area contributed by atoms with E-state index in [0.717, 1.165) is 11.4 Å². The molecule has 0 aliphatic carbocycles. The molecule has 1 atom stereocenters. The number of aromatic nitrogens is 2. The van der Waals surface area contributed by atoms with Crippen molar-refractivity contribution < 1.29 is 5.11 Å². The number of aryl methyl sites for hydroxylation is 1. The summed E-state index contributed by atoms with van der Waals surface area (Å²) in [6.45, 7) is 3.82. The maximum absolute atomic E-state index is 9.88. The number of hydrogen-bond acceptors (Lipinski definition) is 2. The van der Waals surface area contributed by atoms with Crippen LogP contribution in [0.2, 0.25) is 5.02 Å². The predicted molar refractivity (Wildman–Crippen MR) is 60.2 cm³/mol. The van der Waals surface area contributed by atoms with E-state index in [1.807, 2.05) is 30.5 Å². The number of aliphatic hydroxyl groups excluding tert-OH is 1. The molecule has 3 nitrogen and oxygen atoms in total. The molecule has 1 unspecified atom stereocenters. The van der Waals surface area contributed by atoms with Crippen LogP contribution in [0.15, 0.2) is 18.3 Å². The smallest absolute Gasteiger partial charge is 0.156 e. The second-order valence-corrected chi connectivity index (χ2v) is 3.96. The first kappa shape index (κ1) is 10.5. The number of imidazole rings is 1. The van der Waals surface area contributed by atoms with Gasteiger partial charge in [0.15, 0.2) is 5.65 Å². The summed E-state index contributed by atoms with van der Waals surface area (Å²) in [5.41, 5.74) is 2.37. The number of rotatable bonds is 2. The third-order valence-electron chi connectivity index (χ3n) is 2.53. The zero-order valence-electron chi connectivity index (χ0n) is 8.74. The van der Waals surface area contributed by atoms with E-state index in [4.69, 9.17) is 11.6 Å². The fourth-order valence-corrected chi connectivity index (χ4v) is 1.97. The minimum atomic E-state index is -0.488. The number of fused-ring (bicyclic) bond motifs is 1. The van der Waals surface area contributed by atoms with Gasteiger partial charge in [0, 0.05) is 6.20 Å². The molecule has 4 heteroatoms. The van der Waals surface area contributed by atoms with E-state index in [1.165, 1.54) is 0 Å². The summed E-state index contributed by atoms with van der Waals surface area (Å²) in [5.74, 6) is 0. The lowest BCUT2D eigenvalue weighted by Gasteiger charge is -2.08. The SMILES string of the molecule is CCC(O)c1c(C)nc2c(Cl)cccn12. The summed E-state index contributed by atoms with van der Waals surface area (Å²) >= 11 is 6.03. The molecule has 0 saturated heterocycles. The highest BCUT2D eigenvalue weighted by Gasteiger charge is 2.16. The maximum atomic E-state index is 9.88. The van der Waals surface area contributed by atoms with Crippen molar-refractivity contribution in [2.24, 2.45) is 0 Å². The fourth-order valence-electron chi connectivity index (χ4n) is 1.76. The van der Waals surface area contributed by atoms with Crippen molar-refractivity contribution in [2.75, 3.05) is 0 Å². The highest BCUT2D eigenvalue weighted by molar-refractivity contribution is 6.33. The molecule has 0 bridgehead atoms. The van der Waals surface area contributed by atoms with Crippen LogP contribution in [0.5, 0.6) is 0 Å². The van der Waals surface area contributed by atoms with Crippen molar-refractivity contribution in [1.82, 2.24) is 9.38 Å². The third kappa shape index (κ3) is 1.62. The molecule has 0 radical (unpaired) electrons. The van der Waals surface area contributed by atoms with E-state index in [0.29, 0.717) is 17.1 Å². The summed E-state index contributed by atoms with van der Waals surface area (Å²) in [5, 5.41) is 10.5. The number of hydrogen-bond donors (Lipinski definition) is 1. The molecule has 1 N–H and O–H groups in total. The standard InChI is InChI=1S/C11H13ClN2O/c1-3-9(15)10-7(2)13-11-8(12)5-4-6-14(10)11/h4-6,9,15H,3H2,1-2H3. The molecule has 2 aromatic heterocycles. The third-order valence-corrected chi connectivity index (χ3v) is 2.82. The highest BCUT2D eigenvalue weighted by Crippen LogP contribution is 2.25. The minimum absolute atomic E-state index is 0.488. The minimum Gasteiger partial charge on any atom is -0.387 e. The van der Waals surface area contributed by atoms with Crippen LogP contribution in [0.1, 0.15) is 30.8 Å².